The van der Waals surface area contributed by atoms with Gasteiger partial charge in [0.25, 0.3) is 0 Å². The number of benzene rings is 2. The number of anilines is 2. The summed E-state index contributed by atoms with van der Waals surface area (Å²) >= 11 is 0. The van der Waals surface area contributed by atoms with Crippen molar-refractivity contribution in [1.29, 1.82) is 0 Å². The lowest BCUT2D eigenvalue weighted by molar-refractivity contribution is -0.121. The third-order valence-electron chi connectivity index (χ3n) is 6.30. The van der Waals surface area contributed by atoms with Crippen LogP contribution in [0.2, 0.25) is 0 Å². The van der Waals surface area contributed by atoms with Crippen LogP contribution in [0.25, 0.3) is 0 Å². The van der Waals surface area contributed by atoms with Crippen molar-refractivity contribution in [2.24, 2.45) is 0 Å². The third kappa shape index (κ3) is 8.32. The van der Waals surface area contributed by atoms with Crippen LogP contribution in [-0.4, -0.2) is 35.8 Å². The molecule has 178 valence electrons. The van der Waals surface area contributed by atoms with Gasteiger partial charge in [-0.15, -0.1) is 0 Å². The first kappa shape index (κ1) is 25.0. The van der Waals surface area contributed by atoms with E-state index in [-0.39, 0.29) is 30.9 Å². The summed E-state index contributed by atoms with van der Waals surface area (Å²) in [6.07, 6.45) is 8.12. The molecule has 0 aromatic heterocycles. The van der Waals surface area contributed by atoms with E-state index in [1.54, 1.807) is 0 Å². The molecule has 0 atom stereocenters. The topological polar surface area (TPSA) is 61.4 Å². The summed E-state index contributed by atoms with van der Waals surface area (Å²) in [5.74, 6) is -0.137. The van der Waals surface area contributed by atoms with Gasteiger partial charge in [-0.3, -0.25) is 14.5 Å². The first-order valence-electron chi connectivity index (χ1n) is 12.3. The molecule has 0 bridgehead atoms. The van der Waals surface area contributed by atoms with Gasteiger partial charge in [0, 0.05) is 17.4 Å². The van der Waals surface area contributed by atoms with Gasteiger partial charge in [-0.2, -0.15) is 0 Å². The molecule has 3 rings (SSSR count). The van der Waals surface area contributed by atoms with Gasteiger partial charge in [0.2, 0.25) is 11.8 Å². The molecule has 1 saturated carbocycles. The van der Waals surface area contributed by atoms with E-state index >= 15 is 0 Å². The van der Waals surface area contributed by atoms with Crippen LogP contribution in [0.15, 0.2) is 36.4 Å². The normalized spacial score (nSPS) is 15.1. The summed E-state index contributed by atoms with van der Waals surface area (Å²) in [5, 5.41) is 6.09. The Morgan fingerprint density at radius 3 is 1.42 bits per heavy atom. The van der Waals surface area contributed by atoms with E-state index in [2.05, 4.69) is 27.7 Å². The number of carbonyl (C=O) groups excluding carboxylic acids is 2. The molecule has 2 aromatic rings. The maximum absolute atomic E-state index is 13.0. The van der Waals surface area contributed by atoms with Crippen LogP contribution < -0.4 is 10.6 Å². The molecule has 1 aliphatic rings. The number of amides is 2. The predicted octanol–water partition coefficient (Wildman–Crippen LogP) is 5.91. The van der Waals surface area contributed by atoms with Crippen LogP contribution >= 0.6 is 0 Å². The van der Waals surface area contributed by atoms with E-state index in [0.29, 0.717) is 0 Å². The molecule has 1 fully saturated rings. The lowest BCUT2D eigenvalue weighted by Crippen LogP contribution is -2.45. The maximum Gasteiger partial charge on any atom is 0.238 e. The van der Waals surface area contributed by atoms with Gasteiger partial charge in [0.1, 0.15) is 0 Å². The van der Waals surface area contributed by atoms with Crippen LogP contribution in [0.3, 0.4) is 0 Å². The fourth-order valence-corrected chi connectivity index (χ4v) is 4.98. The first-order valence-corrected chi connectivity index (χ1v) is 12.3. The number of hydrogen-bond donors (Lipinski definition) is 2. The molecule has 2 amide bonds. The smallest absolute Gasteiger partial charge is 0.238 e. The molecule has 5 nitrogen and oxygen atoms in total. The van der Waals surface area contributed by atoms with Gasteiger partial charge in [0.15, 0.2) is 0 Å². The Kier molecular flexibility index (Phi) is 9.07. The Balaban J connectivity index is 1.70. The van der Waals surface area contributed by atoms with E-state index in [1.807, 2.05) is 52.0 Å². The molecule has 0 spiro atoms. The highest BCUT2D eigenvalue weighted by molar-refractivity contribution is 5.95. The molecule has 2 aromatic carbocycles. The largest absolute Gasteiger partial charge is 0.325 e. The van der Waals surface area contributed by atoms with Crippen LogP contribution in [0.4, 0.5) is 11.4 Å². The number of aryl methyl sites for hydroxylation is 4. The Morgan fingerprint density at radius 1 is 0.667 bits per heavy atom. The number of rotatable bonds is 7. The summed E-state index contributed by atoms with van der Waals surface area (Å²) in [6.45, 7) is 8.55. The van der Waals surface area contributed by atoms with Crippen molar-refractivity contribution in [3.63, 3.8) is 0 Å². The summed E-state index contributed by atoms with van der Waals surface area (Å²) in [6, 6.07) is 12.4. The Morgan fingerprint density at radius 2 is 1.03 bits per heavy atom. The molecule has 1 aliphatic carbocycles. The molecule has 5 heteroatoms. The zero-order valence-electron chi connectivity index (χ0n) is 20.7. The summed E-state index contributed by atoms with van der Waals surface area (Å²) in [5.41, 5.74) is 6.11. The predicted molar refractivity (Wildman–Crippen MR) is 137 cm³/mol. The standard InChI is InChI=1S/C28H39N3O2/c1-20-12-21(2)15-24(14-20)29-27(32)18-31(26-10-8-6-5-7-9-11-26)19-28(33)30-25-16-22(3)13-23(4)17-25/h12-17,26H,5-11,18-19H2,1-4H3,(H,29,32)(H,30,33). The molecule has 0 radical (unpaired) electrons. The van der Waals surface area contributed by atoms with Crippen molar-refractivity contribution in [3.8, 4) is 0 Å². The Bertz CT molecular complexity index is 854. The Labute approximate surface area is 199 Å². The van der Waals surface area contributed by atoms with Gasteiger partial charge >= 0.3 is 0 Å². The molecular formula is C28H39N3O2. The first-order chi connectivity index (χ1) is 15.8. The highest BCUT2D eigenvalue weighted by Crippen LogP contribution is 2.22. The summed E-state index contributed by atoms with van der Waals surface area (Å²) < 4.78 is 0. The van der Waals surface area contributed by atoms with Crippen molar-refractivity contribution in [3.05, 3.63) is 58.7 Å². The molecule has 0 aliphatic heterocycles. The van der Waals surface area contributed by atoms with Crippen LogP contribution in [-0.2, 0) is 9.59 Å². The highest BCUT2D eigenvalue weighted by atomic mass is 16.2. The third-order valence-corrected chi connectivity index (χ3v) is 6.30. The minimum atomic E-state index is -0.0683. The number of carbonyl (C=O) groups is 2. The maximum atomic E-state index is 13.0. The average molecular weight is 450 g/mol. The van der Waals surface area contributed by atoms with Crippen molar-refractivity contribution >= 4 is 23.2 Å². The second-order valence-electron chi connectivity index (χ2n) is 9.75. The van der Waals surface area contributed by atoms with E-state index < -0.39 is 0 Å². The van der Waals surface area contributed by atoms with Gasteiger partial charge < -0.3 is 10.6 Å². The lowest BCUT2D eigenvalue weighted by atomic mass is 9.95. The van der Waals surface area contributed by atoms with Gasteiger partial charge in [-0.25, -0.2) is 0 Å². The van der Waals surface area contributed by atoms with E-state index in [4.69, 9.17) is 0 Å². The molecule has 0 saturated heterocycles. The fourth-order valence-electron chi connectivity index (χ4n) is 4.98. The molecule has 0 heterocycles. The summed E-state index contributed by atoms with van der Waals surface area (Å²) in [7, 11) is 0. The average Bonchev–Trinajstić information content (AvgIpc) is 2.65. The van der Waals surface area contributed by atoms with E-state index in [0.717, 1.165) is 59.3 Å². The fraction of sp³-hybridized carbons (Fsp3) is 0.500. The molecule has 33 heavy (non-hydrogen) atoms. The van der Waals surface area contributed by atoms with Crippen molar-refractivity contribution in [2.45, 2.75) is 78.7 Å². The zero-order chi connectivity index (χ0) is 23.8. The van der Waals surface area contributed by atoms with E-state index in [9.17, 15) is 9.59 Å². The Hall–Kier alpha value is -2.66. The van der Waals surface area contributed by atoms with Gasteiger partial charge in [0.05, 0.1) is 13.1 Å². The van der Waals surface area contributed by atoms with Gasteiger partial charge in [-0.1, -0.05) is 44.2 Å². The van der Waals surface area contributed by atoms with Crippen molar-refractivity contribution in [2.75, 3.05) is 23.7 Å². The molecule has 0 unspecified atom stereocenters. The SMILES string of the molecule is Cc1cc(C)cc(NC(=O)CN(CC(=O)Nc2cc(C)cc(C)c2)C2CCCCCCC2)c1. The second kappa shape index (κ2) is 12.0. The minimum absolute atomic E-state index is 0.0683. The highest BCUT2D eigenvalue weighted by Gasteiger charge is 2.24. The monoisotopic (exact) mass is 449 g/mol. The minimum Gasteiger partial charge on any atom is -0.325 e. The molecular weight excluding hydrogens is 410 g/mol. The van der Waals surface area contributed by atoms with Gasteiger partial charge in [-0.05, 0) is 87.1 Å². The molecule has 2 N–H and O–H groups in total. The van der Waals surface area contributed by atoms with Crippen molar-refractivity contribution < 1.29 is 9.59 Å². The van der Waals surface area contributed by atoms with Crippen LogP contribution in [0, 0.1) is 27.7 Å². The van der Waals surface area contributed by atoms with Crippen molar-refractivity contribution in [1.82, 2.24) is 4.90 Å². The number of hydrogen-bond acceptors (Lipinski definition) is 3. The summed E-state index contributed by atoms with van der Waals surface area (Å²) in [4.78, 5) is 28.1. The second-order valence-corrected chi connectivity index (χ2v) is 9.75. The van der Waals surface area contributed by atoms with Crippen LogP contribution in [0.5, 0.6) is 0 Å². The zero-order valence-corrected chi connectivity index (χ0v) is 20.7. The lowest BCUT2D eigenvalue weighted by Gasteiger charge is -2.32. The quantitative estimate of drug-likeness (QED) is 0.552. The number of nitrogens with one attached hydrogen (secondary N) is 2. The van der Waals surface area contributed by atoms with E-state index in [1.165, 1.54) is 19.3 Å². The number of nitrogens with zero attached hydrogens (tertiary/aromatic N) is 1. The van der Waals surface area contributed by atoms with Crippen LogP contribution in [0.1, 0.15) is 67.2 Å².